The number of ether oxygens (including phenoxy) is 2. The molecule has 1 fully saturated rings. The van der Waals surface area contributed by atoms with Crippen LogP contribution in [-0.4, -0.2) is 30.8 Å². The molecule has 0 aliphatic heterocycles. The minimum atomic E-state index is -0.947. The van der Waals surface area contributed by atoms with E-state index >= 15 is 0 Å². The van der Waals surface area contributed by atoms with Crippen molar-refractivity contribution in [1.82, 2.24) is 19.7 Å². The van der Waals surface area contributed by atoms with E-state index in [2.05, 4.69) is 14.8 Å². The SMILES string of the molecule is O=C(O)c1ccccc1-c1ccc(Cn2c(C3CCCCC3)nc3c(Oc4ccccc4)nnc(Oc4ccccc4)c32)cc1. The molecule has 0 amide bonds. The van der Waals surface area contributed by atoms with Crippen LogP contribution in [0.25, 0.3) is 22.2 Å². The van der Waals surface area contributed by atoms with E-state index in [9.17, 15) is 9.90 Å². The Morgan fingerprint density at radius 2 is 1.33 bits per heavy atom. The lowest BCUT2D eigenvalue weighted by molar-refractivity contribution is 0.0697. The quantitative estimate of drug-likeness (QED) is 0.178. The number of carboxylic acid groups (broad SMARTS) is 1. The van der Waals surface area contributed by atoms with Crippen molar-refractivity contribution in [1.29, 1.82) is 0 Å². The Morgan fingerprint density at radius 3 is 2.00 bits per heavy atom. The van der Waals surface area contributed by atoms with E-state index in [1.165, 1.54) is 6.42 Å². The van der Waals surface area contributed by atoms with Crippen molar-refractivity contribution in [3.05, 3.63) is 126 Å². The Bertz CT molecular complexity index is 1930. The maximum Gasteiger partial charge on any atom is 0.336 e. The van der Waals surface area contributed by atoms with Crippen molar-refractivity contribution in [2.75, 3.05) is 0 Å². The van der Waals surface area contributed by atoms with Crippen molar-refractivity contribution in [2.24, 2.45) is 0 Å². The molecule has 2 aromatic heterocycles. The highest BCUT2D eigenvalue weighted by Gasteiger charge is 2.28. The van der Waals surface area contributed by atoms with Gasteiger partial charge in [-0.3, -0.25) is 0 Å². The Hall–Kier alpha value is -5.50. The number of hydrogen-bond acceptors (Lipinski definition) is 6. The molecule has 1 saturated carbocycles. The third-order valence-electron chi connectivity index (χ3n) is 8.28. The Balaban J connectivity index is 1.35. The summed E-state index contributed by atoms with van der Waals surface area (Å²) >= 11 is 0. The highest BCUT2D eigenvalue weighted by Crippen LogP contribution is 2.40. The van der Waals surface area contributed by atoms with E-state index in [-0.39, 0.29) is 11.5 Å². The van der Waals surface area contributed by atoms with Crippen LogP contribution in [0.1, 0.15) is 59.8 Å². The van der Waals surface area contributed by atoms with Crippen molar-refractivity contribution in [2.45, 2.75) is 44.6 Å². The van der Waals surface area contributed by atoms with Crippen LogP contribution in [0.2, 0.25) is 0 Å². The number of imidazole rings is 1. The number of hydrogen-bond donors (Lipinski definition) is 1. The van der Waals surface area contributed by atoms with Crippen LogP contribution in [0.15, 0.2) is 109 Å². The molecule has 0 bridgehead atoms. The fourth-order valence-electron chi connectivity index (χ4n) is 6.09. The summed E-state index contributed by atoms with van der Waals surface area (Å²) in [6.07, 6.45) is 5.65. The first-order valence-corrected chi connectivity index (χ1v) is 15.3. The topological polar surface area (TPSA) is 99.4 Å². The number of rotatable bonds is 9. The number of nitrogens with zero attached hydrogens (tertiary/aromatic N) is 4. The molecule has 0 radical (unpaired) electrons. The van der Waals surface area contributed by atoms with Gasteiger partial charge in [-0.25, -0.2) is 9.78 Å². The van der Waals surface area contributed by atoms with Crippen LogP contribution < -0.4 is 9.47 Å². The van der Waals surface area contributed by atoms with Gasteiger partial charge in [-0.2, -0.15) is 0 Å². The summed E-state index contributed by atoms with van der Waals surface area (Å²) in [4.78, 5) is 17.1. The summed E-state index contributed by atoms with van der Waals surface area (Å²) in [6, 6.07) is 34.2. The van der Waals surface area contributed by atoms with Crippen molar-refractivity contribution < 1.29 is 19.4 Å². The minimum Gasteiger partial charge on any atom is -0.478 e. The molecule has 7 rings (SSSR count). The van der Waals surface area contributed by atoms with Gasteiger partial charge in [0.15, 0.2) is 5.52 Å². The predicted octanol–water partition coefficient (Wildman–Crippen LogP) is 8.87. The summed E-state index contributed by atoms with van der Waals surface area (Å²) in [5.74, 6) is 2.29. The van der Waals surface area contributed by atoms with Gasteiger partial charge in [0.1, 0.15) is 22.8 Å². The summed E-state index contributed by atoms with van der Waals surface area (Å²) in [5, 5.41) is 18.7. The lowest BCUT2D eigenvalue weighted by atomic mass is 9.88. The highest BCUT2D eigenvalue weighted by molar-refractivity contribution is 5.96. The second-order valence-corrected chi connectivity index (χ2v) is 11.3. The Morgan fingerprint density at radius 1 is 0.733 bits per heavy atom. The van der Waals surface area contributed by atoms with Crippen LogP contribution in [0, 0.1) is 0 Å². The number of carboxylic acids is 1. The van der Waals surface area contributed by atoms with Gasteiger partial charge in [-0.05, 0) is 59.9 Å². The number of benzene rings is 4. The predicted molar refractivity (Wildman–Crippen MR) is 172 cm³/mol. The van der Waals surface area contributed by atoms with E-state index in [0.717, 1.165) is 48.2 Å². The van der Waals surface area contributed by atoms with Gasteiger partial charge in [-0.1, -0.05) is 98.1 Å². The molecule has 1 N–H and O–H groups in total. The average molecular weight is 597 g/mol. The Kier molecular flexibility index (Phi) is 7.93. The lowest BCUT2D eigenvalue weighted by Gasteiger charge is -2.22. The first kappa shape index (κ1) is 28.3. The lowest BCUT2D eigenvalue weighted by Crippen LogP contribution is -2.13. The summed E-state index contributed by atoms with van der Waals surface area (Å²) in [6.45, 7) is 0.519. The largest absolute Gasteiger partial charge is 0.478 e. The first-order valence-electron chi connectivity index (χ1n) is 15.3. The summed E-state index contributed by atoms with van der Waals surface area (Å²) < 4.78 is 14.8. The van der Waals surface area contributed by atoms with E-state index < -0.39 is 5.97 Å². The van der Waals surface area contributed by atoms with Crippen LogP contribution >= 0.6 is 0 Å². The zero-order valence-corrected chi connectivity index (χ0v) is 24.7. The molecular formula is C37H32N4O4. The molecule has 8 nitrogen and oxygen atoms in total. The van der Waals surface area contributed by atoms with E-state index in [1.807, 2.05) is 97.1 Å². The third kappa shape index (κ3) is 5.99. The molecule has 224 valence electrons. The second-order valence-electron chi connectivity index (χ2n) is 11.3. The zero-order valence-electron chi connectivity index (χ0n) is 24.7. The number of aromatic nitrogens is 4. The van der Waals surface area contributed by atoms with Gasteiger partial charge in [-0.15, -0.1) is 10.2 Å². The highest BCUT2D eigenvalue weighted by atomic mass is 16.5. The molecule has 6 aromatic rings. The summed E-state index contributed by atoms with van der Waals surface area (Å²) in [7, 11) is 0. The molecule has 0 spiro atoms. The van der Waals surface area contributed by atoms with Gasteiger partial charge in [0.25, 0.3) is 11.8 Å². The Labute approximate surface area is 260 Å². The van der Waals surface area contributed by atoms with Crippen molar-refractivity contribution >= 4 is 17.0 Å². The second kappa shape index (κ2) is 12.6. The average Bonchev–Trinajstić information content (AvgIpc) is 3.47. The number of para-hydroxylation sites is 2. The van der Waals surface area contributed by atoms with Gasteiger partial charge in [0.2, 0.25) is 0 Å². The molecule has 1 aliphatic carbocycles. The number of aromatic carboxylic acids is 1. The van der Waals surface area contributed by atoms with Crippen LogP contribution in [0.5, 0.6) is 23.3 Å². The van der Waals surface area contributed by atoms with Crippen LogP contribution in [0.3, 0.4) is 0 Å². The minimum absolute atomic E-state index is 0.276. The van der Waals surface area contributed by atoms with Crippen LogP contribution in [0.4, 0.5) is 0 Å². The van der Waals surface area contributed by atoms with Gasteiger partial charge >= 0.3 is 5.97 Å². The fraction of sp³-hybridized carbons (Fsp3) is 0.189. The molecule has 0 saturated heterocycles. The van der Waals surface area contributed by atoms with Crippen molar-refractivity contribution in [3.63, 3.8) is 0 Å². The zero-order chi connectivity index (χ0) is 30.6. The molecule has 8 heteroatoms. The molecule has 0 unspecified atom stereocenters. The van der Waals surface area contributed by atoms with E-state index in [4.69, 9.17) is 14.5 Å². The molecule has 1 aliphatic rings. The molecule has 0 atom stereocenters. The maximum absolute atomic E-state index is 11.8. The van der Waals surface area contributed by atoms with E-state index in [1.54, 1.807) is 12.1 Å². The van der Waals surface area contributed by atoms with Gasteiger partial charge in [0.05, 0.1) is 5.56 Å². The first-order chi connectivity index (χ1) is 22.1. The number of fused-ring (bicyclic) bond motifs is 1. The third-order valence-corrected chi connectivity index (χ3v) is 8.28. The normalized spacial score (nSPS) is 13.5. The monoisotopic (exact) mass is 596 g/mol. The summed E-state index contributed by atoms with van der Waals surface area (Å²) in [5.41, 5.74) is 4.17. The molecule has 2 heterocycles. The number of carbonyl (C=O) groups is 1. The maximum atomic E-state index is 11.8. The standard InChI is InChI=1S/C37H32N4O4/c42-37(43)31-19-11-10-18-30(31)26-22-20-25(21-23-26)24-41-33-32(38-34(41)27-12-4-1-5-13-27)35(44-28-14-6-2-7-15-28)39-40-36(33)45-29-16-8-3-9-17-29/h2-3,6-11,14-23,27H,1,4-5,12-13,24H2,(H,42,43). The van der Waals surface area contributed by atoms with Crippen LogP contribution in [-0.2, 0) is 6.54 Å². The van der Waals surface area contributed by atoms with Gasteiger partial charge in [0, 0.05) is 12.5 Å². The van der Waals surface area contributed by atoms with E-state index in [0.29, 0.717) is 40.9 Å². The molecular weight excluding hydrogens is 564 g/mol. The molecule has 4 aromatic carbocycles. The van der Waals surface area contributed by atoms with Crippen molar-refractivity contribution in [3.8, 4) is 34.4 Å². The van der Waals surface area contributed by atoms with Gasteiger partial charge < -0.3 is 19.1 Å². The smallest absolute Gasteiger partial charge is 0.336 e. The fourth-order valence-corrected chi connectivity index (χ4v) is 6.09. The molecule has 45 heavy (non-hydrogen) atoms.